The smallest absolute Gasteiger partial charge is 0.244 e. The van der Waals surface area contributed by atoms with Crippen molar-refractivity contribution in [1.82, 2.24) is 10.6 Å². The number of hydrogen-bond donors (Lipinski definition) is 3. The predicted molar refractivity (Wildman–Crippen MR) is 74.0 cm³/mol. The summed E-state index contributed by atoms with van der Waals surface area (Å²) in [5, 5.41) is 5.63. The molecule has 0 unspecified atom stereocenters. The summed E-state index contributed by atoms with van der Waals surface area (Å²) in [4.78, 5) is 23.3. The third kappa shape index (κ3) is 5.10. The highest BCUT2D eigenvalue weighted by molar-refractivity contribution is 7.99. The number of nitrogens with one attached hydrogen (secondary N) is 2. The molecule has 2 atom stereocenters. The van der Waals surface area contributed by atoms with E-state index < -0.39 is 6.04 Å². The minimum absolute atomic E-state index is 0.132. The molecule has 102 valence electrons. The molecule has 0 fully saturated rings. The van der Waals surface area contributed by atoms with Crippen molar-refractivity contribution in [3.8, 4) is 0 Å². The van der Waals surface area contributed by atoms with Gasteiger partial charge in [-0.15, -0.1) is 11.8 Å². The van der Waals surface area contributed by atoms with Gasteiger partial charge in [-0.3, -0.25) is 9.59 Å². The minimum Gasteiger partial charge on any atom is -0.348 e. The number of thioether (sulfide) groups is 1. The maximum Gasteiger partial charge on any atom is 0.244 e. The fourth-order valence-electron chi connectivity index (χ4n) is 1.49. The highest BCUT2D eigenvalue weighted by Gasteiger charge is 2.19. The summed E-state index contributed by atoms with van der Waals surface area (Å²) in [6.45, 7) is 3.97. The molecule has 0 bridgehead atoms. The van der Waals surface area contributed by atoms with Crippen LogP contribution in [0.4, 0.5) is 0 Å². The van der Waals surface area contributed by atoms with Gasteiger partial charge in [0.2, 0.25) is 11.8 Å². The Morgan fingerprint density at radius 3 is 2.83 bits per heavy atom. The first-order chi connectivity index (χ1) is 8.50. The number of carbonyl (C=O) groups is 2. The molecule has 0 aliphatic carbocycles. The van der Waals surface area contributed by atoms with E-state index in [0.717, 1.165) is 5.75 Å². The standard InChI is InChI=1S/C12H21N3O2S/c1-8(2)10-3-4-11(16)14-7-18-6-5-9(13)12(17)15-10/h3-4,8-10H,5-7,13H2,1-2H3,(H,14,16)(H,15,17)/b4-3+/t9-,10+/m0/s1. The van der Waals surface area contributed by atoms with Crippen LogP contribution in [-0.2, 0) is 9.59 Å². The summed E-state index contributed by atoms with van der Waals surface area (Å²) in [6.07, 6.45) is 3.80. The first-order valence-electron chi connectivity index (χ1n) is 6.10. The molecule has 0 saturated heterocycles. The molecule has 2 amide bonds. The van der Waals surface area contributed by atoms with Crippen molar-refractivity contribution in [2.75, 3.05) is 11.6 Å². The second kappa shape index (κ2) is 7.43. The van der Waals surface area contributed by atoms with Gasteiger partial charge in [-0.1, -0.05) is 19.9 Å². The predicted octanol–water partition coefficient (Wildman–Crippen LogP) is 0.221. The number of nitrogens with two attached hydrogens (primary N) is 1. The van der Waals surface area contributed by atoms with Crippen molar-refractivity contribution in [3.05, 3.63) is 12.2 Å². The van der Waals surface area contributed by atoms with Crippen LogP contribution in [0.2, 0.25) is 0 Å². The Bertz CT molecular complexity index is 331. The van der Waals surface area contributed by atoms with Gasteiger partial charge >= 0.3 is 0 Å². The lowest BCUT2D eigenvalue weighted by Gasteiger charge is -2.21. The van der Waals surface area contributed by atoms with Gasteiger partial charge in [0, 0.05) is 12.1 Å². The summed E-state index contributed by atoms with van der Waals surface area (Å²) in [5.41, 5.74) is 5.81. The summed E-state index contributed by atoms with van der Waals surface area (Å²) >= 11 is 1.56. The van der Waals surface area contributed by atoms with Crippen molar-refractivity contribution < 1.29 is 9.59 Å². The van der Waals surface area contributed by atoms with Gasteiger partial charge in [0.25, 0.3) is 0 Å². The molecule has 6 heteroatoms. The number of carbonyl (C=O) groups excluding carboxylic acids is 2. The topological polar surface area (TPSA) is 84.2 Å². The van der Waals surface area contributed by atoms with Gasteiger partial charge in [0.15, 0.2) is 0 Å². The number of hydrogen-bond acceptors (Lipinski definition) is 4. The fourth-order valence-corrected chi connectivity index (χ4v) is 2.30. The van der Waals surface area contributed by atoms with Crippen LogP contribution in [0, 0.1) is 5.92 Å². The van der Waals surface area contributed by atoms with Crippen molar-refractivity contribution >= 4 is 23.6 Å². The molecule has 0 saturated carbocycles. The Morgan fingerprint density at radius 1 is 1.44 bits per heavy atom. The lowest BCUT2D eigenvalue weighted by atomic mass is 10.0. The van der Waals surface area contributed by atoms with E-state index in [1.54, 1.807) is 17.8 Å². The van der Waals surface area contributed by atoms with E-state index in [4.69, 9.17) is 5.73 Å². The summed E-state index contributed by atoms with van der Waals surface area (Å²) < 4.78 is 0. The second-order valence-corrected chi connectivity index (χ2v) is 5.73. The Kier molecular flexibility index (Phi) is 6.21. The van der Waals surface area contributed by atoms with Crippen molar-refractivity contribution in [2.24, 2.45) is 11.7 Å². The zero-order valence-corrected chi connectivity index (χ0v) is 11.6. The van der Waals surface area contributed by atoms with Gasteiger partial charge in [0.05, 0.1) is 11.9 Å². The monoisotopic (exact) mass is 271 g/mol. The molecule has 0 aromatic heterocycles. The summed E-state index contributed by atoms with van der Waals surface area (Å²) in [7, 11) is 0. The molecule has 0 aromatic rings. The first-order valence-corrected chi connectivity index (χ1v) is 7.26. The summed E-state index contributed by atoms with van der Waals surface area (Å²) in [5.74, 6) is 1.23. The van der Waals surface area contributed by atoms with Gasteiger partial charge in [-0.25, -0.2) is 0 Å². The van der Waals surface area contributed by atoms with Crippen LogP contribution in [0.5, 0.6) is 0 Å². The molecule has 4 N–H and O–H groups in total. The highest BCUT2D eigenvalue weighted by Crippen LogP contribution is 2.07. The van der Waals surface area contributed by atoms with Crippen molar-refractivity contribution in [3.63, 3.8) is 0 Å². The van der Waals surface area contributed by atoms with E-state index >= 15 is 0 Å². The Morgan fingerprint density at radius 2 is 2.17 bits per heavy atom. The Labute approximate surface area is 112 Å². The molecule has 1 aliphatic rings. The molecule has 0 aromatic carbocycles. The largest absolute Gasteiger partial charge is 0.348 e. The van der Waals surface area contributed by atoms with Crippen LogP contribution in [-0.4, -0.2) is 35.5 Å². The number of amides is 2. The average molecular weight is 271 g/mol. The maximum absolute atomic E-state index is 11.8. The zero-order valence-electron chi connectivity index (χ0n) is 10.8. The molecule has 18 heavy (non-hydrogen) atoms. The van der Waals surface area contributed by atoms with Crippen molar-refractivity contribution in [1.29, 1.82) is 0 Å². The lowest BCUT2D eigenvalue weighted by Crippen LogP contribution is -2.47. The molecule has 0 spiro atoms. The third-order valence-electron chi connectivity index (χ3n) is 2.74. The fraction of sp³-hybridized carbons (Fsp3) is 0.667. The second-order valence-electron chi connectivity index (χ2n) is 4.63. The molecule has 5 nitrogen and oxygen atoms in total. The van der Waals surface area contributed by atoms with E-state index in [9.17, 15) is 9.59 Å². The van der Waals surface area contributed by atoms with Gasteiger partial charge < -0.3 is 16.4 Å². The SMILES string of the molecule is CC(C)[C@H]1/C=C/C(=O)NCSCC[C@H](N)C(=O)N1. The lowest BCUT2D eigenvalue weighted by molar-refractivity contribution is -0.123. The van der Waals surface area contributed by atoms with Crippen LogP contribution in [0.25, 0.3) is 0 Å². The average Bonchev–Trinajstić information content (AvgIpc) is 2.31. The van der Waals surface area contributed by atoms with Crippen LogP contribution in [0.3, 0.4) is 0 Å². The highest BCUT2D eigenvalue weighted by atomic mass is 32.2. The van der Waals surface area contributed by atoms with E-state index in [2.05, 4.69) is 10.6 Å². The molecule has 1 rings (SSSR count). The van der Waals surface area contributed by atoms with E-state index in [1.807, 2.05) is 13.8 Å². The molecular formula is C12H21N3O2S. The quantitative estimate of drug-likeness (QED) is 0.637. The molecular weight excluding hydrogens is 250 g/mol. The Balaban J connectivity index is 2.76. The third-order valence-corrected chi connectivity index (χ3v) is 3.61. The van der Waals surface area contributed by atoms with E-state index in [1.165, 1.54) is 6.08 Å². The van der Waals surface area contributed by atoms with Gasteiger partial charge in [-0.2, -0.15) is 0 Å². The van der Waals surface area contributed by atoms with Gasteiger partial charge in [0.1, 0.15) is 0 Å². The Hall–Kier alpha value is -1.01. The van der Waals surface area contributed by atoms with Gasteiger partial charge in [-0.05, 0) is 18.1 Å². The zero-order chi connectivity index (χ0) is 13.5. The molecule has 0 radical (unpaired) electrons. The normalized spacial score (nSPS) is 28.9. The van der Waals surface area contributed by atoms with Crippen LogP contribution >= 0.6 is 11.8 Å². The van der Waals surface area contributed by atoms with Crippen LogP contribution < -0.4 is 16.4 Å². The molecule has 1 aliphatic heterocycles. The van der Waals surface area contributed by atoms with Crippen LogP contribution in [0.1, 0.15) is 20.3 Å². The first kappa shape index (κ1) is 15.0. The number of rotatable bonds is 1. The van der Waals surface area contributed by atoms with E-state index in [-0.39, 0.29) is 23.8 Å². The maximum atomic E-state index is 11.8. The minimum atomic E-state index is -0.484. The van der Waals surface area contributed by atoms with Crippen molar-refractivity contribution in [2.45, 2.75) is 32.4 Å². The van der Waals surface area contributed by atoms with E-state index in [0.29, 0.717) is 12.3 Å². The summed E-state index contributed by atoms with van der Waals surface area (Å²) in [6, 6.07) is -0.649. The van der Waals surface area contributed by atoms with Crippen LogP contribution in [0.15, 0.2) is 12.2 Å². The molecule has 1 heterocycles.